The zero-order valence-electron chi connectivity index (χ0n) is 10.2. The predicted octanol–water partition coefficient (Wildman–Crippen LogP) is 3.43. The van der Waals surface area contributed by atoms with Gasteiger partial charge in [0.1, 0.15) is 10.7 Å². The number of hydrogen-bond acceptors (Lipinski definition) is 2. The van der Waals surface area contributed by atoms with Gasteiger partial charge < -0.3 is 10.1 Å². The maximum absolute atomic E-state index is 11.0. The van der Waals surface area contributed by atoms with Crippen LogP contribution in [0.3, 0.4) is 0 Å². The molecule has 2 unspecified atom stereocenters. The van der Waals surface area contributed by atoms with Crippen LogP contribution in [-0.4, -0.2) is 26.4 Å². The van der Waals surface area contributed by atoms with E-state index in [9.17, 15) is 4.79 Å². The van der Waals surface area contributed by atoms with Gasteiger partial charge in [-0.1, -0.05) is 24.3 Å². The molecule has 0 amide bonds. The van der Waals surface area contributed by atoms with Crippen molar-refractivity contribution in [2.75, 3.05) is 0 Å². The summed E-state index contributed by atoms with van der Waals surface area (Å²) in [5, 5.41) is 8.55. The third-order valence-corrected chi connectivity index (χ3v) is 4.36. The van der Waals surface area contributed by atoms with E-state index in [0.29, 0.717) is 16.9 Å². The van der Waals surface area contributed by atoms with Crippen molar-refractivity contribution in [2.45, 2.75) is 10.3 Å². The van der Waals surface area contributed by atoms with Crippen molar-refractivity contribution < 1.29 is 9.90 Å². The van der Waals surface area contributed by atoms with Crippen molar-refractivity contribution in [3.8, 4) is 0 Å². The molecule has 20 heavy (non-hydrogen) atoms. The number of fused-ring (bicyclic) bond motifs is 1. The minimum absolute atomic E-state index is 0.192. The summed E-state index contributed by atoms with van der Waals surface area (Å²) in [7, 11) is 0. The van der Waals surface area contributed by atoms with Gasteiger partial charge in [-0.05, 0) is 18.2 Å². The molecule has 0 aliphatic heterocycles. The van der Waals surface area contributed by atoms with Crippen molar-refractivity contribution in [3.63, 3.8) is 0 Å². The number of hydrogen-bond donors (Lipinski definition) is 2. The Morgan fingerprint density at radius 1 is 1.40 bits per heavy atom. The van der Waals surface area contributed by atoms with Gasteiger partial charge in [-0.15, -0.1) is 23.2 Å². The first-order chi connectivity index (χ1) is 9.50. The summed E-state index contributed by atoms with van der Waals surface area (Å²) in [4.78, 5) is 17.5. The molecule has 0 saturated heterocycles. The molecular weight excluding hydrogens is 299 g/mol. The van der Waals surface area contributed by atoms with E-state index in [1.165, 1.54) is 12.1 Å². The van der Waals surface area contributed by atoms with Crippen LogP contribution in [0.1, 0.15) is 16.2 Å². The molecule has 2 aromatic rings. The Kier molecular flexibility index (Phi) is 3.07. The highest BCUT2D eigenvalue weighted by Crippen LogP contribution is 2.39. The normalized spacial score (nSPS) is 25.2. The van der Waals surface area contributed by atoms with Crippen molar-refractivity contribution in [2.24, 2.45) is 0 Å². The average molecular weight is 309 g/mol. The van der Waals surface area contributed by atoms with E-state index in [4.69, 9.17) is 28.3 Å². The minimum atomic E-state index is -0.987. The van der Waals surface area contributed by atoms with Gasteiger partial charge in [-0.2, -0.15) is 0 Å². The SMILES string of the molecule is O=C(O)c1ccc2nc(C3(Cl)C=CC=CC3Cl)[nH]c2c1. The Hall–Kier alpha value is -1.78. The molecule has 0 bridgehead atoms. The first kappa shape index (κ1) is 13.2. The molecule has 2 N–H and O–H groups in total. The standard InChI is InChI=1S/C14H10Cl2N2O2/c15-11-3-1-2-6-14(11,16)13-17-9-5-4-8(12(19)20)7-10(9)18-13/h1-7,11H,(H,17,18)(H,19,20). The third kappa shape index (κ3) is 2.01. The fourth-order valence-electron chi connectivity index (χ4n) is 2.12. The summed E-state index contributed by atoms with van der Waals surface area (Å²) in [6.07, 6.45) is 7.18. The topological polar surface area (TPSA) is 66.0 Å². The monoisotopic (exact) mass is 308 g/mol. The Morgan fingerprint density at radius 2 is 2.20 bits per heavy atom. The van der Waals surface area contributed by atoms with Gasteiger partial charge in [0.25, 0.3) is 0 Å². The fraction of sp³-hybridized carbons (Fsp3) is 0.143. The summed E-state index contributed by atoms with van der Waals surface area (Å²) in [5.41, 5.74) is 1.46. The Bertz CT molecular complexity index is 751. The lowest BCUT2D eigenvalue weighted by Gasteiger charge is -2.26. The van der Waals surface area contributed by atoms with Gasteiger partial charge in [-0.25, -0.2) is 9.78 Å². The lowest BCUT2D eigenvalue weighted by Crippen LogP contribution is -2.29. The number of imidazole rings is 1. The van der Waals surface area contributed by atoms with Crippen molar-refractivity contribution in [3.05, 3.63) is 53.9 Å². The smallest absolute Gasteiger partial charge is 0.335 e. The average Bonchev–Trinajstić information content (AvgIpc) is 2.85. The van der Waals surface area contributed by atoms with Crippen LogP contribution in [0, 0.1) is 0 Å². The van der Waals surface area contributed by atoms with Crippen molar-refractivity contribution in [1.82, 2.24) is 9.97 Å². The van der Waals surface area contributed by atoms with Crippen LogP contribution in [0.25, 0.3) is 11.0 Å². The number of allylic oxidation sites excluding steroid dienone is 4. The highest BCUT2D eigenvalue weighted by molar-refractivity contribution is 6.34. The number of aromatic amines is 1. The van der Waals surface area contributed by atoms with Crippen LogP contribution >= 0.6 is 23.2 Å². The van der Waals surface area contributed by atoms with Gasteiger partial charge in [0.2, 0.25) is 0 Å². The number of H-pyrrole nitrogens is 1. The van der Waals surface area contributed by atoms with E-state index in [-0.39, 0.29) is 5.56 Å². The molecule has 0 fully saturated rings. The molecule has 1 aliphatic rings. The number of carbonyl (C=O) groups is 1. The zero-order chi connectivity index (χ0) is 14.3. The number of nitrogens with zero attached hydrogens (tertiary/aromatic N) is 1. The Morgan fingerprint density at radius 3 is 2.90 bits per heavy atom. The van der Waals surface area contributed by atoms with Crippen LogP contribution in [-0.2, 0) is 4.87 Å². The van der Waals surface area contributed by atoms with Crippen molar-refractivity contribution >= 4 is 40.2 Å². The number of halogens is 2. The van der Waals surface area contributed by atoms with Crippen LogP contribution < -0.4 is 0 Å². The van der Waals surface area contributed by atoms with E-state index >= 15 is 0 Å². The maximum atomic E-state index is 11.0. The maximum Gasteiger partial charge on any atom is 0.335 e. The lowest BCUT2D eigenvalue weighted by molar-refractivity contribution is 0.0697. The fourth-order valence-corrected chi connectivity index (χ4v) is 2.62. The van der Waals surface area contributed by atoms with E-state index < -0.39 is 16.2 Å². The van der Waals surface area contributed by atoms with E-state index in [1.807, 2.05) is 12.2 Å². The molecule has 1 aliphatic carbocycles. The molecule has 0 saturated carbocycles. The summed E-state index contributed by atoms with van der Waals surface area (Å²) in [5.74, 6) is -0.489. The highest BCUT2D eigenvalue weighted by atomic mass is 35.5. The minimum Gasteiger partial charge on any atom is -0.478 e. The molecule has 1 aromatic carbocycles. The second kappa shape index (κ2) is 4.65. The molecule has 4 nitrogen and oxygen atoms in total. The summed E-state index contributed by atoms with van der Waals surface area (Å²) in [6, 6.07) is 4.68. The van der Waals surface area contributed by atoms with Gasteiger partial charge in [0.15, 0.2) is 0 Å². The number of carboxylic acid groups (broad SMARTS) is 1. The summed E-state index contributed by atoms with van der Waals surface area (Å²) >= 11 is 12.8. The van der Waals surface area contributed by atoms with Gasteiger partial charge in [0.05, 0.1) is 22.0 Å². The summed E-state index contributed by atoms with van der Waals surface area (Å²) in [6.45, 7) is 0. The molecule has 102 valence electrons. The first-order valence-corrected chi connectivity index (χ1v) is 6.75. The molecule has 1 aromatic heterocycles. The number of aromatic nitrogens is 2. The largest absolute Gasteiger partial charge is 0.478 e. The second-order valence-electron chi connectivity index (χ2n) is 4.54. The molecule has 1 heterocycles. The number of alkyl halides is 2. The molecule has 2 atom stereocenters. The Balaban J connectivity index is 2.11. The summed E-state index contributed by atoms with van der Waals surface area (Å²) < 4.78 is 0. The van der Waals surface area contributed by atoms with Crippen LogP contribution in [0.4, 0.5) is 0 Å². The molecular formula is C14H10Cl2N2O2. The molecule has 3 rings (SSSR count). The van der Waals surface area contributed by atoms with E-state index in [0.717, 1.165) is 0 Å². The van der Waals surface area contributed by atoms with Crippen LogP contribution in [0.2, 0.25) is 0 Å². The zero-order valence-corrected chi connectivity index (χ0v) is 11.7. The number of benzene rings is 1. The quantitative estimate of drug-likeness (QED) is 0.835. The lowest BCUT2D eigenvalue weighted by atomic mass is 9.98. The van der Waals surface area contributed by atoms with Gasteiger partial charge >= 0.3 is 5.97 Å². The van der Waals surface area contributed by atoms with Gasteiger partial charge in [0, 0.05) is 0 Å². The van der Waals surface area contributed by atoms with E-state index in [1.54, 1.807) is 18.2 Å². The third-order valence-electron chi connectivity index (χ3n) is 3.22. The number of rotatable bonds is 2. The number of aromatic carboxylic acids is 1. The first-order valence-electron chi connectivity index (χ1n) is 5.93. The molecule has 0 radical (unpaired) electrons. The number of nitrogens with one attached hydrogen (secondary N) is 1. The van der Waals surface area contributed by atoms with Crippen LogP contribution in [0.15, 0.2) is 42.5 Å². The van der Waals surface area contributed by atoms with Gasteiger partial charge in [-0.3, -0.25) is 0 Å². The molecule has 0 spiro atoms. The van der Waals surface area contributed by atoms with Crippen LogP contribution in [0.5, 0.6) is 0 Å². The highest BCUT2D eigenvalue weighted by Gasteiger charge is 2.38. The number of carboxylic acids is 1. The van der Waals surface area contributed by atoms with Crippen molar-refractivity contribution in [1.29, 1.82) is 0 Å². The Labute approximate surface area is 124 Å². The molecule has 6 heteroatoms. The predicted molar refractivity (Wildman–Crippen MR) is 78.5 cm³/mol. The van der Waals surface area contributed by atoms with E-state index in [2.05, 4.69) is 9.97 Å². The second-order valence-corrected chi connectivity index (χ2v) is 5.63.